The second-order valence-corrected chi connectivity index (χ2v) is 9.68. The number of piperidine rings is 1. The number of aliphatic hydroxyl groups is 1. The van der Waals surface area contributed by atoms with Gasteiger partial charge in [0.1, 0.15) is 0 Å². The summed E-state index contributed by atoms with van der Waals surface area (Å²) in [6.07, 6.45) is 1.49. The molecule has 0 spiro atoms. The highest BCUT2D eigenvalue weighted by atomic mass is 32.2. The van der Waals surface area contributed by atoms with E-state index in [1.807, 2.05) is 19.1 Å². The monoisotopic (exact) mass is 402 g/mol. The van der Waals surface area contributed by atoms with Gasteiger partial charge in [0.05, 0.1) is 23.2 Å². The maximum absolute atomic E-state index is 13.3. The van der Waals surface area contributed by atoms with Crippen molar-refractivity contribution in [2.75, 3.05) is 30.5 Å². The Morgan fingerprint density at radius 2 is 1.68 bits per heavy atom. The van der Waals surface area contributed by atoms with Crippen molar-refractivity contribution in [3.63, 3.8) is 0 Å². The topological polar surface area (TPSA) is 60.9 Å². The number of nitrogens with zero attached hydrogens (tertiary/aromatic N) is 2. The third-order valence-electron chi connectivity index (χ3n) is 5.37. The van der Waals surface area contributed by atoms with Gasteiger partial charge in [0.15, 0.2) is 0 Å². The molecule has 5 nitrogen and oxygen atoms in total. The quantitative estimate of drug-likeness (QED) is 0.772. The number of sulfonamides is 1. The van der Waals surface area contributed by atoms with Gasteiger partial charge in [-0.15, -0.1) is 0 Å². The molecule has 2 aromatic carbocycles. The van der Waals surface area contributed by atoms with Crippen LogP contribution < -0.4 is 4.31 Å². The number of aryl methyl sites for hydroxylation is 1. The fourth-order valence-electron chi connectivity index (χ4n) is 3.56. The van der Waals surface area contributed by atoms with Crippen LogP contribution in [0.25, 0.3) is 0 Å². The van der Waals surface area contributed by atoms with Gasteiger partial charge in [-0.1, -0.05) is 42.8 Å². The van der Waals surface area contributed by atoms with Crippen LogP contribution in [-0.2, 0) is 10.0 Å². The average molecular weight is 403 g/mol. The van der Waals surface area contributed by atoms with Crippen molar-refractivity contribution in [3.05, 3.63) is 60.2 Å². The van der Waals surface area contributed by atoms with E-state index >= 15 is 0 Å². The molecule has 28 heavy (non-hydrogen) atoms. The first kappa shape index (κ1) is 20.8. The Morgan fingerprint density at radius 1 is 1.07 bits per heavy atom. The Balaban J connectivity index is 1.81. The number of likely N-dealkylation sites (tertiary alicyclic amines) is 1. The van der Waals surface area contributed by atoms with Crippen molar-refractivity contribution in [3.8, 4) is 0 Å². The molecule has 0 aromatic heterocycles. The zero-order chi connectivity index (χ0) is 20.1. The predicted octanol–water partition coefficient (Wildman–Crippen LogP) is 3.28. The van der Waals surface area contributed by atoms with E-state index in [0.717, 1.165) is 37.4 Å². The first-order valence-electron chi connectivity index (χ1n) is 9.91. The lowest BCUT2D eigenvalue weighted by Gasteiger charge is -2.33. The molecule has 0 saturated carbocycles. The molecule has 1 aliphatic rings. The van der Waals surface area contributed by atoms with Gasteiger partial charge < -0.3 is 10.0 Å². The van der Waals surface area contributed by atoms with E-state index in [2.05, 4.69) is 11.8 Å². The minimum Gasteiger partial charge on any atom is -0.390 e. The summed E-state index contributed by atoms with van der Waals surface area (Å²) in [6, 6.07) is 15.8. The minimum atomic E-state index is -3.76. The Hall–Kier alpha value is -1.89. The molecule has 0 bridgehead atoms. The minimum absolute atomic E-state index is 0.0341. The van der Waals surface area contributed by atoms with Crippen molar-refractivity contribution >= 4 is 15.7 Å². The lowest BCUT2D eigenvalue weighted by atomic mass is 9.99. The highest BCUT2D eigenvalue weighted by Crippen LogP contribution is 2.25. The molecule has 3 rings (SSSR count). The first-order valence-corrected chi connectivity index (χ1v) is 11.3. The van der Waals surface area contributed by atoms with Gasteiger partial charge in [0, 0.05) is 6.54 Å². The fraction of sp³-hybridized carbons (Fsp3) is 0.455. The van der Waals surface area contributed by atoms with Crippen LogP contribution in [0.1, 0.15) is 25.3 Å². The third kappa shape index (κ3) is 5.13. The van der Waals surface area contributed by atoms with Gasteiger partial charge in [-0.25, -0.2) is 8.42 Å². The lowest BCUT2D eigenvalue weighted by molar-refractivity contribution is 0.0971. The molecule has 1 N–H and O–H groups in total. The molecule has 0 unspecified atom stereocenters. The Bertz CT molecular complexity index is 845. The maximum Gasteiger partial charge on any atom is 0.264 e. The molecule has 1 atom stereocenters. The lowest BCUT2D eigenvalue weighted by Crippen LogP contribution is -2.44. The Labute approximate surface area is 168 Å². The fourth-order valence-corrected chi connectivity index (χ4v) is 5.09. The molecule has 6 heteroatoms. The summed E-state index contributed by atoms with van der Waals surface area (Å²) in [6.45, 7) is 6.64. The molecule has 152 valence electrons. The number of rotatable bonds is 7. The second-order valence-electron chi connectivity index (χ2n) is 7.82. The van der Waals surface area contributed by atoms with Crippen molar-refractivity contribution in [2.45, 2.75) is 37.7 Å². The van der Waals surface area contributed by atoms with Crippen LogP contribution in [0.5, 0.6) is 0 Å². The molecule has 1 heterocycles. The van der Waals surface area contributed by atoms with E-state index in [4.69, 9.17) is 0 Å². The summed E-state index contributed by atoms with van der Waals surface area (Å²) in [7, 11) is -3.76. The average Bonchev–Trinajstić information content (AvgIpc) is 2.69. The van der Waals surface area contributed by atoms with E-state index in [-0.39, 0.29) is 11.4 Å². The van der Waals surface area contributed by atoms with Crippen LogP contribution in [0.3, 0.4) is 0 Å². The van der Waals surface area contributed by atoms with Crippen molar-refractivity contribution in [1.82, 2.24) is 4.90 Å². The van der Waals surface area contributed by atoms with Gasteiger partial charge in [0.2, 0.25) is 0 Å². The summed E-state index contributed by atoms with van der Waals surface area (Å²) in [5.41, 5.74) is 1.63. The number of β-amino-alcohol motifs (C(OH)–C–C–N with tert-alkyl or cyclic N) is 1. The molecule has 0 radical (unpaired) electrons. The van der Waals surface area contributed by atoms with Gasteiger partial charge >= 0.3 is 0 Å². The van der Waals surface area contributed by atoms with Crippen LogP contribution in [0.15, 0.2) is 59.5 Å². The normalized spacial score (nSPS) is 17.4. The molecular formula is C22H30N2O3S. The standard InChI is InChI=1S/C22H30N2O3S/c1-18-8-10-20(11-9-18)24(28(26,27)22-6-4-3-5-7-22)17-21(25)16-23-14-12-19(2)13-15-23/h3-11,19,21,25H,12-17H2,1-2H3/t21-/m0/s1. The number of aliphatic hydroxyl groups excluding tert-OH is 1. The van der Waals surface area contributed by atoms with E-state index in [1.54, 1.807) is 42.5 Å². The van der Waals surface area contributed by atoms with Crippen LogP contribution in [0.2, 0.25) is 0 Å². The van der Waals surface area contributed by atoms with Gasteiger partial charge in [-0.3, -0.25) is 4.31 Å². The smallest absolute Gasteiger partial charge is 0.264 e. The zero-order valence-electron chi connectivity index (χ0n) is 16.7. The Morgan fingerprint density at radius 3 is 2.29 bits per heavy atom. The number of hydrogen-bond acceptors (Lipinski definition) is 4. The largest absolute Gasteiger partial charge is 0.390 e. The molecular weight excluding hydrogens is 372 g/mol. The van der Waals surface area contributed by atoms with Crippen molar-refractivity contribution in [2.24, 2.45) is 5.92 Å². The molecule has 2 aromatic rings. The third-order valence-corrected chi connectivity index (χ3v) is 7.18. The molecule has 1 fully saturated rings. The molecule has 1 aliphatic heterocycles. The number of anilines is 1. The summed E-state index contributed by atoms with van der Waals surface area (Å²) in [5.74, 6) is 0.718. The van der Waals surface area contributed by atoms with Crippen LogP contribution in [-0.4, -0.2) is 50.7 Å². The van der Waals surface area contributed by atoms with Gasteiger partial charge in [0.25, 0.3) is 10.0 Å². The predicted molar refractivity (Wildman–Crippen MR) is 113 cm³/mol. The number of benzene rings is 2. The summed E-state index contributed by atoms with van der Waals surface area (Å²) < 4.78 is 27.9. The van der Waals surface area contributed by atoms with Crippen molar-refractivity contribution < 1.29 is 13.5 Å². The van der Waals surface area contributed by atoms with E-state index < -0.39 is 16.1 Å². The Kier molecular flexibility index (Phi) is 6.75. The van der Waals surface area contributed by atoms with Crippen LogP contribution in [0.4, 0.5) is 5.69 Å². The SMILES string of the molecule is Cc1ccc(N(C[C@@H](O)CN2CCC(C)CC2)S(=O)(=O)c2ccccc2)cc1. The number of hydrogen-bond donors (Lipinski definition) is 1. The zero-order valence-corrected chi connectivity index (χ0v) is 17.5. The van der Waals surface area contributed by atoms with Gasteiger partial charge in [-0.05, 0) is 63.0 Å². The van der Waals surface area contributed by atoms with Crippen molar-refractivity contribution in [1.29, 1.82) is 0 Å². The molecule has 0 aliphatic carbocycles. The summed E-state index contributed by atoms with van der Waals surface area (Å²) >= 11 is 0. The van der Waals surface area contributed by atoms with E-state index in [1.165, 1.54) is 4.31 Å². The second kappa shape index (κ2) is 9.07. The highest BCUT2D eigenvalue weighted by molar-refractivity contribution is 7.92. The molecule has 0 amide bonds. The van der Waals surface area contributed by atoms with E-state index in [9.17, 15) is 13.5 Å². The van der Waals surface area contributed by atoms with Gasteiger partial charge in [-0.2, -0.15) is 0 Å². The van der Waals surface area contributed by atoms with Crippen LogP contribution in [0, 0.1) is 12.8 Å². The molecule has 1 saturated heterocycles. The highest BCUT2D eigenvalue weighted by Gasteiger charge is 2.28. The summed E-state index contributed by atoms with van der Waals surface area (Å²) in [5, 5.41) is 10.7. The first-order chi connectivity index (χ1) is 13.4. The van der Waals surface area contributed by atoms with Crippen LogP contribution >= 0.6 is 0 Å². The van der Waals surface area contributed by atoms with E-state index in [0.29, 0.717) is 12.2 Å². The summed E-state index contributed by atoms with van der Waals surface area (Å²) in [4.78, 5) is 2.46. The maximum atomic E-state index is 13.3.